The van der Waals surface area contributed by atoms with Gasteiger partial charge in [-0.15, -0.1) is 0 Å². The van der Waals surface area contributed by atoms with Crippen LogP contribution in [0.5, 0.6) is 5.75 Å². The topological polar surface area (TPSA) is 80.7 Å². The minimum atomic E-state index is -4.49. The number of esters is 1. The number of carbonyl (C=O) groups is 1. The molecule has 23 heavy (non-hydrogen) atoms. The molecule has 12 heteroatoms. The lowest BCUT2D eigenvalue weighted by Crippen LogP contribution is -2.48. The monoisotopic (exact) mass is 364 g/mol. The maximum Gasteiger partial charge on any atom is 0.367 e. The molecule has 1 aromatic carbocycles. The maximum absolute atomic E-state index is 13.3. The number of halogens is 5. The second-order valence-corrected chi connectivity index (χ2v) is 6.60. The Balaban J connectivity index is 3.04. The van der Waals surface area contributed by atoms with E-state index in [4.69, 9.17) is 4.55 Å². The first-order chi connectivity index (χ1) is 10.2. The van der Waals surface area contributed by atoms with Gasteiger partial charge < -0.3 is 9.22 Å². The third-order valence-electron chi connectivity index (χ3n) is 2.46. The number of hydrogen-bond donors (Lipinski definition) is 1. The summed E-state index contributed by atoms with van der Waals surface area (Å²) in [4.78, 5) is 11.5. The Morgan fingerprint density at radius 2 is 1.39 bits per heavy atom. The molecule has 0 unspecified atom stereocenters. The normalized spacial score (nSPS) is 12.3. The van der Waals surface area contributed by atoms with E-state index in [9.17, 15) is 35.2 Å². The second-order valence-electron chi connectivity index (χ2n) is 5.18. The van der Waals surface area contributed by atoms with Crippen molar-refractivity contribution in [3.8, 4) is 5.75 Å². The fourth-order valence-electron chi connectivity index (χ4n) is 1.66. The lowest BCUT2D eigenvalue weighted by Gasteiger charge is -2.26. The number of carbonyl (C=O) groups excluding carboxylic acids is 1. The van der Waals surface area contributed by atoms with E-state index in [0.717, 1.165) is 14.1 Å². The van der Waals surface area contributed by atoms with Crippen LogP contribution in [0.2, 0.25) is 0 Å². The van der Waals surface area contributed by atoms with Crippen LogP contribution < -0.4 is 4.74 Å². The van der Waals surface area contributed by atoms with Crippen LogP contribution in [-0.2, 0) is 14.9 Å². The summed E-state index contributed by atoms with van der Waals surface area (Å²) in [5, 5.41) is 0. The van der Waals surface area contributed by atoms with Crippen molar-refractivity contribution in [2.45, 2.75) is 0 Å². The summed E-state index contributed by atoms with van der Waals surface area (Å²) in [6.45, 7) is -0.834. The zero-order chi connectivity index (χ0) is 18.2. The predicted molar refractivity (Wildman–Crippen MR) is 65.3 cm³/mol. The van der Waals surface area contributed by atoms with Crippen LogP contribution in [0.15, 0.2) is 0 Å². The van der Waals surface area contributed by atoms with E-state index in [-0.39, 0.29) is 0 Å². The number of nitrogens with zero attached hydrogens (tertiary/aromatic N) is 1. The van der Waals surface area contributed by atoms with Crippen molar-refractivity contribution in [2.24, 2.45) is 0 Å². The summed E-state index contributed by atoms with van der Waals surface area (Å²) in [6.07, 6.45) is 0. The highest BCUT2D eigenvalue weighted by Crippen LogP contribution is 2.29. The van der Waals surface area contributed by atoms with Crippen molar-refractivity contribution in [1.29, 1.82) is 0 Å². The average Bonchev–Trinajstić information content (AvgIpc) is 2.35. The Hall–Kier alpha value is -1.79. The fourth-order valence-corrected chi connectivity index (χ4v) is 2.63. The molecule has 0 atom stereocenters. The quantitative estimate of drug-likeness (QED) is 0.162. The molecular weight excluding hydrogens is 353 g/mol. The summed E-state index contributed by atoms with van der Waals surface area (Å²) in [7, 11) is -2.20. The highest BCUT2D eigenvalue weighted by Gasteiger charge is 2.32. The van der Waals surface area contributed by atoms with E-state index in [1.807, 2.05) is 0 Å². The van der Waals surface area contributed by atoms with Crippen molar-refractivity contribution < 1.29 is 48.9 Å². The van der Waals surface area contributed by atoms with Crippen LogP contribution in [0.25, 0.3) is 0 Å². The molecule has 0 aliphatic rings. The number of ether oxygens (including phenoxy) is 1. The average molecular weight is 364 g/mol. The zero-order valence-corrected chi connectivity index (χ0v) is 12.6. The van der Waals surface area contributed by atoms with Crippen molar-refractivity contribution >= 4 is 16.1 Å². The van der Waals surface area contributed by atoms with Gasteiger partial charge in [0.2, 0.25) is 40.7 Å². The molecule has 1 N–H and O–H groups in total. The Morgan fingerprint density at radius 3 is 1.78 bits per heavy atom. The van der Waals surface area contributed by atoms with Crippen LogP contribution in [0.3, 0.4) is 0 Å². The van der Waals surface area contributed by atoms with Crippen molar-refractivity contribution in [2.75, 3.05) is 26.5 Å². The minimum Gasteiger partial charge on any atom is -0.416 e. The van der Waals surface area contributed by atoms with Crippen LogP contribution in [0, 0.1) is 29.1 Å². The molecule has 130 valence electrons. The van der Waals surface area contributed by atoms with Crippen molar-refractivity contribution in [1.82, 2.24) is 0 Å². The first kappa shape index (κ1) is 19.3. The largest absolute Gasteiger partial charge is 0.416 e. The second kappa shape index (κ2) is 6.37. The van der Waals surface area contributed by atoms with E-state index in [0.29, 0.717) is 0 Å². The Labute approximate surface area is 127 Å². The zero-order valence-electron chi connectivity index (χ0n) is 11.7. The fraction of sp³-hybridized carbons (Fsp3) is 0.364. The molecule has 0 spiro atoms. The molecule has 0 saturated carbocycles. The third-order valence-corrected chi connectivity index (χ3v) is 3.48. The molecule has 1 aromatic rings. The number of likely N-dealkylation sites (N-methyl/N-ethyl adjacent to an activating group) is 1. The summed E-state index contributed by atoms with van der Waals surface area (Å²) in [6, 6.07) is 0. The molecule has 0 aliphatic heterocycles. The smallest absolute Gasteiger partial charge is 0.367 e. The first-order valence-electron chi connectivity index (χ1n) is 5.74. The van der Waals surface area contributed by atoms with Gasteiger partial charge in [-0.05, 0) is 0 Å². The molecule has 0 aliphatic carbocycles. The molecule has 0 bridgehead atoms. The third kappa shape index (κ3) is 4.84. The SMILES string of the molecule is C[N+](C)(CC(=O)Oc1c(F)c(F)c(F)c(F)c1F)CS(=O)(=O)O. The van der Waals surface area contributed by atoms with Crippen LogP contribution >= 0.6 is 0 Å². The molecule has 6 nitrogen and oxygen atoms in total. The highest BCUT2D eigenvalue weighted by molar-refractivity contribution is 7.85. The minimum absolute atomic E-state index is 0.715. The van der Waals surface area contributed by atoms with Gasteiger partial charge in [-0.1, -0.05) is 0 Å². The van der Waals surface area contributed by atoms with Crippen molar-refractivity contribution in [3.05, 3.63) is 29.1 Å². The number of quaternary nitrogens is 1. The molecule has 0 radical (unpaired) electrons. The van der Waals surface area contributed by atoms with Gasteiger partial charge in [0.1, 0.15) is 0 Å². The van der Waals surface area contributed by atoms with Gasteiger partial charge in [0, 0.05) is 0 Å². The highest BCUT2D eigenvalue weighted by atomic mass is 32.2. The Bertz CT molecular complexity index is 721. The number of benzene rings is 1. The first-order valence-corrected chi connectivity index (χ1v) is 7.35. The number of rotatable bonds is 5. The standard InChI is InChI=1S/C11H10F5NO5S/c1-17(2,4-23(19,20)21)3-5(18)22-11-9(15)7(13)6(12)8(14)10(11)16/h3-4H2,1-2H3/p+1. The molecule has 0 amide bonds. The number of hydrogen-bond acceptors (Lipinski definition) is 4. The lowest BCUT2D eigenvalue weighted by atomic mass is 10.2. The van der Waals surface area contributed by atoms with Gasteiger partial charge in [-0.2, -0.15) is 17.2 Å². The van der Waals surface area contributed by atoms with E-state index in [1.165, 1.54) is 0 Å². The van der Waals surface area contributed by atoms with E-state index in [2.05, 4.69) is 4.74 Å². The predicted octanol–water partition coefficient (Wildman–Crippen LogP) is 1.21. The summed E-state index contributed by atoms with van der Waals surface area (Å²) in [5.41, 5.74) is 0. The van der Waals surface area contributed by atoms with Gasteiger partial charge in [0.25, 0.3) is 0 Å². The van der Waals surface area contributed by atoms with Crippen LogP contribution in [-0.4, -0.2) is 49.9 Å². The van der Waals surface area contributed by atoms with Crippen LogP contribution in [0.4, 0.5) is 22.0 Å². The van der Waals surface area contributed by atoms with Gasteiger partial charge >= 0.3 is 16.1 Å². The molecule has 0 fully saturated rings. The molecule has 0 aromatic heterocycles. The van der Waals surface area contributed by atoms with Crippen molar-refractivity contribution in [3.63, 3.8) is 0 Å². The Morgan fingerprint density at radius 1 is 1.00 bits per heavy atom. The maximum atomic E-state index is 13.3. The Kier molecular flexibility index (Phi) is 5.34. The van der Waals surface area contributed by atoms with E-state index >= 15 is 0 Å². The van der Waals surface area contributed by atoms with Gasteiger partial charge in [-0.25, -0.2) is 18.0 Å². The van der Waals surface area contributed by atoms with Gasteiger partial charge in [-0.3, -0.25) is 4.55 Å². The molecule has 0 saturated heterocycles. The molecular formula is C11H11F5NO5S+. The summed E-state index contributed by atoms with van der Waals surface area (Å²) < 4.78 is 99.0. The van der Waals surface area contributed by atoms with Gasteiger partial charge in [0.15, 0.2) is 6.54 Å². The van der Waals surface area contributed by atoms with E-state index in [1.54, 1.807) is 0 Å². The van der Waals surface area contributed by atoms with E-state index < -0.39 is 67.8 Å². The summed E-state index contributed by atoms with van der Waals surface area (Å²) in [5.74, 6) is -15.9. The van der Waals surface area contributed by atoms with Crippen LogP contribution in [0.1, 0.15) is 0 Å². The van der Waals surface area contributed by atoms with Gasteiger partial charge in [0.05, 0.1) is 14.1 Å². The molecule has 1 rings (SSSR count). The molecule has 0 heterocycles. The summed E-state index contributed by atoms with van der Waals surface area (Å²) >= 11 is 0. The lowest BCUT2D eigenvalue weighted by molar-refractivity contribution is -0.871.